The topological polar surface area (TPSA) is 63.2 Å². The van der Waals surface area contributed by atoms with Crippen LogP contribution >= 0.6 is 0 Å². The second-order valence-corrected chi connectivity index (χ2v) is 6.20. The molecule has 0 aliphatic carbocycles. The zero-order chi connectivity index (χ0) is 15.5. The van der Waals surface area contributed by atoms with Gasteiger partial charge in [-0.05, 0) is 26.4 Å². The molecular formula is C15H24N6O. The molecule has 0 spiro atoms. The molecular weight excluding hydrogens is 280 g/mol. The van der Waals surface area contributed by atoms with Gasteiger partial charge in [0.15, 0.2) is 5.82 Å². The van der Waals surface area contributed by atoms with E-state index in [1.54, 1.807) is 0 Å². The molecule has 1 aliphatic heterocycles. The largest absolute Gasteiger partial charge is 0.340 e. The third-order valence-corrected chi connectivity index (χ3v) is 4.23. The first-order chi connectivity index (χ1) is 10.6. The molecule has 1 atom stereocenters. The Kier molecular flexibility index (Phi) is 4.54. The van der Waals surface area contributed by atoms with Gasteiger partial charge < -0.3 is 4.52 Å². The zero-order valence-electron chi connectivity index (χ0n) is 13.6. The summed E-state index contributed by atoms with van der Waals surface area (Å²) in [5.74, 6) is 1.42. The van der Waals surface area contributed by atoms with E-state index >= 15 is 0 Å². The molecule has 0 N–H and O–H groups in total. The zero-order valence-corrected chi connectivity index (χ0v) is 13.6. The van der Waals surface area contributed by atoms with Crippen molar-refractivity contribution in [2.75, 3.05) is 20.1 Å². The highest BCUT2D eigenvalue weighted by molar-refractivity contribution is 5.03. The third-order valence-electron chi connectivity index (χ3n) is 4.23. The number of hydrogen-bond acceptors (Lipinski definition) is 6. The molecule has 1 aliphatic rings. The Morgan fingerprint density at radius 3 is 3.00 bits per heavy atom. The molecule has 120 valence electrons. The summed E-state index contributed by atoms with van der Waals surface area (Å²) in [5, 5.41) is 8.24. The molecule has 1 unspecified atom stereocenters. The Morgan fingerprint density at radius 1 is 1.45 bits per heavy atom. The summed E-state index contributed by atoms with van der Waals surface area (Å²) in [6, 6.07) is 0.557. The maximum atomic E-state index is 5.05. The van der Waals surface area contributed by atoms with Crippen molar-refractivity contribution in [2.24, 2.45) is 7.05 Å². The lowest BCUT2D eigenvalue weighted by Crippen LogP contribution is -2.45. The first kappa shape index (κ1) is 15.2. The number of nitrogens with zero attached hydrogens (tertiary/aromatic N) is 6. The molecule has 0 amide bonds. The minimum atomic E-state index is 0.557. The molecule has 0 saturated carbocycles. The number of piperidine rings is 1. The van der Waals surface area contributed by atoms with Crippen LogP contribution in [0, 0.1) is 6.92 Å². The molecule has 0 radical (unpaired) electrons. The molecule has 1 saturated heterocycles. The lowest BCUT2D eigenvalue weighted by atomic mass is 10.0. The molecule has 2 aromatic rings. The van der Waals surface area contributed by atoms with Gasteiger partial charge in [0.05, 0.1) is 12.7 Å². The minimum Gasteiger partial charge on any atom is -0.340 e. The summed E-state index contributed by atoms with van der Waals surface area (Å²) in [6.45, 7) is 5.69. The summed E-state index contributed by atoms with van der Waals surface area (Å²) in [4.78, 5) is 9.14. The van der Waals surface area contributed by atoms with E-state index in [2.05, 4.69) is 38.3 Å². The van der Waals surface area contributed by atoms with Crippen molar-refractivity contribution in [3.05, 3.63) is 29.7 Å². The lowest BCUT2D eigenvalue weighted by molar-refractivity contribution is 0.105. The molecule has 0 bridgehead atoms. The van der Waals surface area contributed by atoms with Crippen molar-refractivity contribution in [3.8, 4) is 0 Å². The van der Waals surface area contributed by atoms with E-state index in [0.717, 1.165) is 32.0 Å². The molecule has 3 heterocycles. The van der Waals surface area contributed by atoms with Gasteiger partial charge in [0, 0.05) is 44.9 Å². The van der Waals surface area contributed by atoms with E-state index < -0.39 is 0 Å². The smallest absolute Gasteiger partial charge is 0.223 e. The van der Waals surface area contributed by atoms with Crippen LogP contribution in [0.15, 0.2) is 16.9 Å². The van der Waals surface area contributed by atoms with Gasteiger partial charge >= 0.3 is 0 Å². The van der Waals surface area contributed by atoms with Gasteiger partial charge in [0.1, 0.15) is 0 Å². The van der Waals surface area contributed by atoms with Crippen LogP contribution in [0.4, 0.5) is 0 Å². The maximum Gasteiger partial charge on any atom is 0.223 e. The fraction of sp³-hybridized carbons (Fsp3) is 0.667. The number of aromatic nitrogens is 4. The first-order valence-electron chi connectivity index (χ1n) is 7.79. The van der Waals surface area contributed by atoms with Gasteiger partial charge in [0.25, 0.3) is 0 Å². The monoisotopic (exact) mass is 304 g/mol. The van der Waals surface area contributed by atoms with Crippen LogP contribution in [0.3, 0.4) is 0 Å². The van der Waals surface area contributed by atoms with Crippen molar-refractivity contribution in [2.45, 2.75) is 38.9 Å². The van der Waals surface area contributed by atoms with E-state index in [0.29, 0.717) is 11.9 Å². The fourth-order valence-electron chi connectivity index (χ4n) is 3.11. The summed E-state index contributed by atoms with van der Waals surface area (Å²) in [7, 11) is 4.15. The molecule has 0 aromatic carbocycles. The van der Waals surface area contributed by atoms with Gasteiger partial charge in [0.2, 0.25) is 5.89 Å². The van der Waals surface area contributed by atoms with Crippen molar-refractivity contribution in [3.63, 3.8) is 0 Å². The van der Waals surface area contributed by atoms with Crippen LogP contribution in [0.5, 0.6) is 0 Å². The predicted octanol–water partition coefficient (Wildman–Crippen LogP) is 1.21. The highest BCUT2D eigenvalue weighted by Gasteiger charge is 2.24. The van der Waals surface area contributed by atoms with Gasteiger partial charge in [-0.15, -0.1) is 0 Å². The Labute approximate surface area is 130 Å². The Bertz CT molecular complexity index is 566. The average molecular weight is 304 g/mol. The predicted molar refractivity (Wildman–Crippen MR) is 82.0 cm³/mol. The van der Waals surface area contributed by atoms with Gasteiger partial charge in [-0.2, -0.15) is 10.1 Å². The number of rotatable bonds is 5. The van der Waals surface area contributed by atoms with Crippen LogP contribution in [0.2, 0.25) is 0 Å². The Balaban J connectivity index is 1.55. The molecule has 2 aromatic heterocycles. The van der Waals surface area contributed by atoms with Gasteiger partial charge in [-0.1, -0.05) is 5.16 Å². The summed E-state index contributed by atoms with van der Waals surface area (Å²) in [6.07, 6.45) is 6.47. The summed E-state index contributed by atoms with van der Waals surface area (Å²) in [5.41, 5.74) is 1.26. The number of hydrogen-bond donors (Lipinski definition) is 0. The van der Waals surface area contributed by atoms with E-state index in [4.69, 9.17) is 4.52 Å². The lowest BCUT2D eigenvalue weighted by Gasteiger charge is -2.37. The van der Waals surface area contributed by atoms with Crippen molar-refractivity contribution in [1.29, 1.82) is 0 Å². The summed E-state index contributed by atoms with van der Waals surface area (Å²) >= 11 is 0. The van der Waals surface area contributed by atoms with Crippen molar-refractivity contribution in [1.82, 2.24) is 29.7 Å². The van der Waals surface area contributed by atoms with Crippen molar-refractivity contribution >= 4 is 0 Å². The van der Waals surface area contributed by atoms with Crippen LogP contribution < -0.4 is 0 Å². The highest BCUT2D eigenvalue weighted by Crippen LogP contribution is 2.18. The Hall–Kier alpha value is -1.73. The first-order valence-corrected chi connectivity index (χ1v) is 7.79. The van der Waals surface area contributed by atoms with E-state index in [1.165, 1.54) is 18.4 Å². The van der Waals surface area contributed by atoms with Crippen LogP contribution in [-0.4, -0.2) is 55.9 Å². The summed E-state index contributed by atoms with van der Waals surface area (Å²) < 4.78 is 6.91. The molecule has 7 nitrogen and oxygen atoms in total. The van der Waals surface area contributed by atoms with Gasteiger partial charge in [-0.3, -0.25) is 14.5 Å². The van der Waals surface area contributed by atoms with Crippen molar-refractivity contribution < 1.29 is 4.52 Å². The fourth-order valence-corrected chi connectivity index (χ4v) is 3.11. The van der Waals surface area contributed by atoms with E-state index in [1.807, 2.05) is 24.9 Å². The number of likely N-dealkylation sites (tertiary alicyclic amines) is 1. The second-order valence-electron chi connectivity index (χ2n) is 6.20. The molecule has 1 fully saturated rings. The van der Waals surface area contributed by atoms with Crippen LogP contribution in [-0.2, 0) is 20.1 Å². The quantitative estimate of drug-likeness (QED) is 0.827. The van der Waals surface area contributed by atoms with E-state index in [9.17, 15) is 0 Å². The second kappa shape index (κ2) is 6.58. The molecule has 22 heavy (non-hydrogen) atoms. The number of aryl methyl sites for hydroxylation is 2. The molecule has 7 heteroatoms. The minimum absolute atomic E-state index is 0.557. The average Bonchev–Trinajstić information content (AvgIpc) is 3.08. The van der Waals surface area contributed by atoms with Crippen LogP contribution in [0.25, 0.3) is 0 Å². The van der Waals surface area contributed by atoms with Gasteiger partial charge in [-0.25, -0.2) is 0 Å². The highest BCUT2D eigenvalue weighted by atomic mass is 16.5. The Morgan fingerprint density at radius 2 is 2.32 bits per heavy atom. The third kappa shape index (κ3) is 3.72. The van der Waals surface area contributed by atoms with E-state index in [-0.39, 0.29) is 0 Å². The maximum absolute atomic E-state index is 5.05. The molecule has 3 rings (SSSR count). The number of likely N-dealkylation sites (N-methyl/N-ethyl adjacent to an activating group) is 1. The SMILES string of the molecule is Cc1nc(CN2CCCC(N(C)Cc3cnn(C)c3)C2)no1. The normalized spacial score (nSPS) is 19.9. The van der Waals surface area contributed by atoms with Crippen LogP contribution in [0.1, 0.15) is 30.1 Å². The standard InChI is InChI=1S/C15H24N6O/c1-12-17-15(18-22-12)11-21-6-4-5-14(10-21)19(2)8-13-7-16-20(3)9-13/h7,9,14H,4-6,8,10-11H2,1-3H3.